The van der Waals surface area contributed by atoms with Gasteiger partial charge in [0, 0.05) is 13.5 Å². The zero-order chi connectivity index (χ0) is 9.52. The molecule has 1 aromatic rings. The number of nitrogens with two attached hydrogens (primary N) is 1. The molecule has 0 aromatic carbocycles. The lowest BCUT2D eigenvalue weighted by Gasteiger charge is -1.99. The average molecular weight is 182 g/mol. The predicted molar refractivity (Wildman–Crippen MR) is 52.2 cm³/mol. The molecule has 0 aliphatic rings. The van der Waals surface area contributed by atoms with Crippen LogP contribution >= 0.6 is 0 Å². The van der Waals surface area contributed by atoms with Gasteiger partial charge in [0.25, 0.3) is 0 Å². The summed E-state index contributed by atoms with van der Waals surface area (Å²) >= 11 is 0. The molecule has 0 aliphatic carbocycles. The summed E-state index contributed by atoms with van der Waals surface area (Å²) in [6.07, 6.45) is 7.57. The fourth-order valence-electron chi connectivity index (χ4n) is 1.31. The lowest BCUT2D eigenvalue weighted by molar-refractivity contribution is 0.624. The van der Waals surface area contributed by atoms with Crippen LogP contribution in [-0.4, -0.2) is 21.3 Å². The van der Waals surface area contributed by atoms with Crippen molar-refractivity contribution < 1.29 is 0 Å². The second-order valence-corrected chi connectivity index (χ2v) is 3.31. The highest BCUT2D eigenvalue weighted by Crippen LogP contribution is 2.04. The summed E-state index contributed by atoms with van der Waals surface area (Å²) in [4.78, 5) is 0. The van der Waals surface area contributed by atoms with E-state index in [9.17, 15) is 0 Å². The van der Waals surface area contributed by atoms with Gasteiger partial charge in [-0.3, -0.25) is 0 Å². The van der Waals surface area contributed by atoms with E-state index in [0.717, 1.165) is 25.2 Å². The van der Waals surface area contributed by atoms with Crippen LogP contribution in [0.5, 0.6) is 0 Å². The van der Waals surface area contributed by atoms with E-state index in [1.807, 2.05) is 11.6 Å². The highest BCUT2D eigenvalue weighted by Gasteiger charge is 1.98. The standard InChI is InChI=1S/C9H18N4/c1-13-8-11-12-9(13)6-4-2-3-5-7-10/h8H,2-7,10H2,1H3. The van der Waals surface area contributed by atoms with Crippen LogP contribution < -0.4 is 5.73 Å². The summed E-state index contributed by atoms with van der Waals surface area (Å²) < 4.78 is 1.98. The Kier molecular flexibility index (Phi) is 4.46. The van der Waals surface area contributed by atoms with Gasteiger partial charge in [0.15, 0.2) is 0 Å². The molecule has 2 N–H and O–H groups in total. The number of unbranched alkanes of at least 4 members (excludes halogenated alkanes) is 3. The largest absolute Gasteiger partial charge is 0.330 e. The van der Waals surface area contributed by atoms with E-state index in [1.165, 1.54) is 19.3 Å². The SMILES string of the molecule is Cn1cnnc1CCCCCCN. The molecule has 0 spiro atoms. The third-order valence-electron chi connectivity index (χ3n) is 2.16. The Bertz CT molecular complexity index is 231. The average Bonchev–Trinajstić information content (AvgIpc) is 2.52. The summed E-state index contributed by atoms with van der Waals surface area (Å²) in [7, 11) is 1.98. The third-order valence-corrected chi connectivity index (χ3v) is 2.16. The van der Waals surface area contributed by atoms with Gasteiger partial charge in [0.2, 0.25) is 0 Å². The number of hydrogen-bond donors (Lipinski definition) is 1. The van der Waals surface area contributed by atoms with E-state index in [0.29, 0.717) is 0 Å². The molecule has 13 heavy (non-hydrogen) atoms. The zero-order valence-corrected chi connectivity index (χ0v) is 8.24. The molecule has 0 radical (unpaired) electrons. The van der Waals surface area contributed by atoms with Crippen molar-refractivity contribution in [1.82, 2.24) is 14.8 Å². The molecule has 1 rings (SSSR count). The maximum Gasteiger partial charge on any atom is 0.132 e. The Hall–Kier alpha value is -0.900. The Labute approximate surface area is 79.2 Å². The van der Waals surface area contributed by atoms with Crippen LogP contribution in [0.3, 0.4) is 0 Å². The smallest absolute Gasteiger partial charge is 0.132 e. The molecule has 74 valence electrons. The van der Waals surface area contributed by atoms with Gasteiger partial charge in [-0.05, 0) is 19.4 Å². The normalized spacial score (nSPS) is 10.6. The summed E-state index contributed by atoms with van der Waals surface area (Å²) in [5.74, 6) is 1.08. The maximum atomic E-state index is 5.40. The van der Waals surface area contributed by atoms with Crippen LogP contribution in [0, 0.1) is 0 Å². The first-order valence-corrected chi connectivity index (χ1v) is 4.87. The lowest BCUT2D eigenvalue weighted by atomic mass is 10.1. The molecule has 0 saturated carbocycles. The van der Waals surface area contributed by atoms with Gasteiger partial charge in [0.05, 0.1) is 0 Å². The van der Waals surface area contributed by atoms with Crippen LogP contribution in [0.25, 0.3) is 0 Å². The van der Waals surface area contributed by atoms with E-state index in [-0.39, 0.29) is 0 Å². The third kappa shape index (κ3) is 3.55. The number of rotatable bonds is 6. The molecule has 1 heterocycles. The van der Waals surface area contributed by atoms with Crippen molar-refractivity contribution in [2.24, 2.45) is 12.8 Å². The fraction of sp³-hybridized carbons (Fsp3) is 0.778. The first kappa shape index (κ1) is 10.2. The van der Waals surface area contributed by atoms with Crippen LogP contribution in [-0.2, 0) is 13.5 Å². The Morgan fingerprint density at radius 1 is 1.31 bits per heavy atom. The molecule has 0 saturated heterocycles. The molecule has 4 nitrogen and oxygen atoms in total. The molecule has 0 amide bonds. The number of nitrogens with zero attached hydrogens (tertiary/aromatic N) is 3. The van der Waals surface area contributed by atoms with E-state index in [1.54, 1.807) is 6.33 Å². The van der Waals surface area contributed by atoms with Gasteiger partial charge in [-0.1, -0.05) is 12.8 Å². The predicted octanol–water partition coefficient (Wildman–Crippen LogP) is 0.877. The van der Waals surface area contributed by atoms with Crippen molar-refractivity contribution >= 4 is 0 Å². The summed E-state index contributed by atoms with van der Waals surface area (Å²) in [5, 5.41) is 7.85. The molecule has 0 atom stereocenters. The molecule has 0 aliphatic heterocycles. The molecule has 0 unspecified atom stereocenters. The zero-order valence-electron chi connectivity index (χ0n) is 8.24. The van der Waals surface area contributed by atoms with Crippen LogP contribution in [0.4, 0.5) is 0 Å². The minimum atomic E-state index is 0.809. The Morgan fingerprint density at radius 3 is 2.69 bits per heavy atom. The Morgan fingerprint density at radius 2 is 2.08 bits per heavy atom. The molecule has 4 heteroatoms. The molecule has 1 aromatic heterocycles. The minimum absolute atomic E-state index is 0.809. The van der Waals surface area contributed by atoms with E-state index >= 15 is 0 Å². The van der Waals surface area contributed by atoms with Gasteiger partial charge in [-0.2, -0.15) is 0 Å². The maximum absolute atomic E-state index is 5.40. The first-order valence-electron chi connectivity index (χ1n) is 4.87. The van der Waals surface area contributed by atoms with Crippen LogP contribution in [0.1, 0.15) is 31.5 Å². The lowest BCUT2D eigenvalue weighted by Crippen LogP contribution is -1.99. The fourth-order valence-corrected chi connectivity index (χ4v) is 1.31. The summed E-state index contributed by atoms with van der Waals surface area (Å²) in [5.41, 5.74) is 5.40. The van der Waals surface area contributed by atoms with Crippen LogP contribution in [0.15, 0.2) is 6.33 Å². The second kappa shape index (κ2) is 5.70. The van der Waals surface area contributed by atoms with Crippen molar-refractivity contribution in [1.29, 1.82) is 0 Å². The van der Waals surface area contributed by atoms with Crippen molar-refractivity contribution in [2.45, 2.75) is 32.1 Å². The van der Waals surface area contributed by atoms with Crippen molar-refractivity contribution in [2.75, 3.05) is 6.54 Å². The molecular formula is C9H18N4. The number of aryl methyl sites for hydroxylation is 2. The first-order chi connectivity index (χ1) is 6.34. The van der Waals surface area contributed by atoms with Gasteiger partial charge >= 0.3 is 0 Å². The van der Waals surface area contributed by atoms with E-state index in [2.05, 4.69) is 10.2 Å². The number of aromatic nitrogens is 3. The van der Waals surface area contributed by atoms with E-state index < -0.39 is 0 Å². The van der Waals surface area contributed by atoms with Crippen molar-refractivity contribution in [3.05, 3.63) is 12.2 Å². The highest BCUT2D eigenvalue weighted by molar-refractivity contribution is 4.83. The van der Waals surface area contributed by atoms with Crippen molar-refractivity contribution in [3.8, 4) is 0 Å². The Balaban J connectivity index is 2.10. The summed E-state index contributed by atoms with van der Waals surface area (Å²) in [6, 6.07) is 0. The molecule has 0 fully saturated rings. The monoisotopic (exact) mass is 182 g/mol. The summed E-state index contributed by atoms with van der Waals surface area (Å²) in [6.45, 7) is 0.809. The quantitative estimate of drug-likeness (QED) is 0.664. The number of hydrogen-bond acceptors (Lipinski definition) is 3. The van der Waals surface area contributed by atoms with E-state index in [4.69, 9.17) is 5.73 Å². The second-order valence-electron chi connectivity index (χ2n) is 3.31. The van der Waals surface area contributed by atoms with Gasteiger partial charge in [0.1, 0.15) is 12.2 Å². The van der Waals surface area contributed by atoms with Gasteiger partial charge < -0.3 is 10.3 Å². The highest BCUT2D eigenvalue weighted by atomic mass is 15.2. The van der Waals surface area contributed by atoms with Crippen molar-refractivity contribution in [3.63, 3.8) is 0 Å². The topological polar surface area (TPSA) is 56.7 Å². The van der Waals surface area contributed by atoms with Crippen LogP contribution in [0.2, 0.25) is 0 Å². The minimum Gasteiger partial charge on any atom is -0.330 e. The van der Waals surface area contributed by atoms with Gasteiger partial charge in [-0.25, -0.2) is 0 Å². The molecular weight excluding hydrogens is 164 g/mol. The van der Waals surface area contributed by atoms with Gasteiger partial charge in [-0.15, -0.1) is 10.2 Å². The molecule has 0 bridgehead atoms.